The molecule has 1 aliphatic heterocycles. The van der Waals surface area contributed by atoms with Gasteiger partial charge in [-0.3, -0.25) is 4.79 Å². The number of amides is 1. The normalized spacial score (nSPS) is 15.1. The highest BCUT2D eigenvalue weighted by Gasteiger charge is 2.18. The van der Waals surface area contributed by atoms with Crippen LogP contribution in [0.25, 0.3) is 0 Å². The fraction of sp³-hybridized carbons (Fsp3) is 0.500. The zero-order valence-corrected chi connectivity index (χ0v) is 14.6. The van der Waals surface area contributed by atoms with Crippen molar-refractivity contribution in [2.24, 2.45) is 0 Å². The molecule has 134 valence electrons. The Morgan fingerprint density at radius 1 is 1.40 bits per heavy atom. The number of ether oxygens (including phenoxy) is 1. The molecule has 0 saturated carbocycles. The summed E-state index contributed by atoms with van der Waals surface area (Å²) in [5.74, 6) is 0.496. The second-order valence-corrected chi connectivity index (χ2v) is 6.25. The number of carbonyl (C=O) groups excluding carboxylic acids is 1. The van der Waals surface area contributed by atoms with Crippen molar-refractivity contribution >= 4 is 11.6 Å². The lowest BCUT2D eigenvalue weighted by molar-refractivity contribution is 0.102. The SMILES string of the molecule is CCCCOc1cccc(NC(=O)c2cn(C3CCNCC3)nn2)c1. The summed E-state index contributed by atoms with van der Waals surface area (Å²) in [5.41, 5.74) is 1.02. The Balaban J connectivity index is 1.60. The molecule has 2 aromatic rings. The minimum Gasteiger partial charge on any atom is -0.494 e. The Labute approximate surface area is 147 Å². The van der Waals surface area contributed by atoms with Crippen LogP contribution in [0, 0.1) is 0 Å². The number of benzene rings is 1. The number of anilines is 1. The van der Waals surface area contributed by atoms with Gasteiger partial charge in [0, 0.05) is 11.8 Å². The van der Waals surface area contributed by atoms with Gasteiger partial charge in [-0.2, -0.15) is 0 Å². The third-order valence-corrected chi connectivity index (χ3v) is 4.28. The van der Waals surface area contributed by atoms with E-state index in [1.807, 2.05) is 24.3 Å². The van der Waals surface area contributed by atoms with E-state index in [9.17, 15) is 4.79 Å². The van der Waals surface area contributed by atoms with Crippen molar-refractivity contribution in [3.8, 4) is 5.75 Å². The number of hydrogen-bond donors (Lipinski definition) is 2. The Kier molecular flexibility index (Phi) is 6.00. The van der Waals surface area contributed by atoms with Crippen LogP contribution < -0.4 is 15.4 Å². The van der Waals surface area contributed by atoms with Gasteiger partial charge in [-0.15, -0.1) is 5.10 Å². The van der Waals surface area contributed by atoms with Gasteiger partial charge in [-0.05, 0) is 44.5 Å². The standard InChI is InChI=1S/C18H25N5O2/c1-2-3-11-25-16-6-4-5-14(12-16)20-18(24)17-13-23(22-21-17)15-7-9-19-10-8-15/h4-6,12-13,15,19H,2-3,7-11H2,1H3,(H,20,24). The minimum absolute atomic E-state index is 0.258. The molecule has 0 radical (unpaired) electrons. The van der Waals surface area contributed by atoms with Crippen LogP contribution in [0.15, 0.2) is 30.5 Å². The van der Waals surface area contributed by atoms with E-state index in [1.165, 1.54) is 0 Å². The highest BCUT2D eigenvalue weighted by Crippen LogP contribution is 2.19. The van der Waals surface area contributed by atoms with Crippen molar-refractivity contribution in [3.05, 3.63) is 36.2 Å². The fourth-order valence-corrected chi connectivity index (χ4v) is 2.82. The molecule has 2 N–H and O–H groups in total. The lowest BCUT2D eigenvalue weighted by Gasteiger charge is -2.22. The van der Waals surface area contributed by atoms with Gasteiger partial charge >= 0.3 is 0 Å². The Morgan fingerprint density at radius 3 is 3.04 bits per heavy atom. The van der Waals surface area contributed by atoms with Crippen LogP contribution in [-0.2, 0) is 0 Å². The van der Waals surface area contributed by atoms with Crippen LogP contribution >= 0.6 is 0 Å². The molecule has 1 aliphatic rings. The first-order chi connectivity index (χ1) is 12.3. The van der Waals surface area contributed by atoms with Crippen molar-refractivity contribution in [1.82, 2.24) is 20.3 Å². The van der Waals surface area contributed by atoms with E-state index in [2.05, 4.69) is 27.9 Å². The first-order valence-corrected chi connectivity index (χ1v) is 8.93. The Bertz CT molecular complexity index is 694. The van der Waals surface area contributed by atoms with Crippen LogP contribution in [0.4, 0.5) is 5.69 Å². The first kappa shape index (κ1) is 17.4. The summed E-state index contributed by atoms with van der Waals surface area (Å²) in [7, 11) is 0. The summed E-state index contributed by atoms with van der Waals surface area (Å²) in [6.45, 7) is 4.74. The molecule has 1 saturated heterocycles. The molecule has 1 aromatic heterocycles. The van der Waals surface area contributed by atoms with E-state index in [4.69, 9.17) is 4.74 Å². The molecule has 3 rings (SSSR count). The number of rotatable bonds is 7. The Morgan fingerprint density at radius 2 is 2.24 bits per heavy atom. The average molecular weight is 343 g/mol. The maximum absolute atomic E-state index is 12.4. The lowest BCUT2D eigenvalue weighted by atomic mass is 10.1. The summed E-state index contributed by atoms with van der Waals surface area (Å²) >= 11 is 0. The minimum atomic E-state index is -0.258. The third kappa shape index (κ3) is 4.79. The fourth-order valence-electron chi connectivity index (χ4n) is 2.82. The molecule has 0 bridgehead atoms. The maximum Gasteiger partial charge on any atom is 0.277 e. The van der Waals surface area contributed by atoms with E-state index in [-0.39, 0.29) is 5.91 Å². The molecule has 0 aliphatic carbocycles. The van der Waals surface area contributed by atoms with Crippen LogP contribution in [-0.4, -0.2) is 40.6 Å². The lowest BCUT2D eigenvalue weighted by Crippen LogP contribution is -2.29. The van der Waals surface area contributed by atoms with Gasteiger partial charge in [0.2, 0.25) is 0 Å². The molecule has 0 unspecified atom stereocenters. The molecule has 1 aromatic carbocycles. The number of piperidine rings is 1. The zero-order chi connectivity index (χ0) is 17.5. The molecule has 1 amide bonds. The van der Waals surface area contributed by atoms with Crippen LogP contribution in [0.3, 0.4) is 0 Å². The first-order valence-electron chi connectivity index (χ1n) is 8.93. The average Bonchev–Trinajstić information content (AvgIpc) is 3.13. The number of carbonyl (C=O) groups is 1. The Hall–Kier alpha value is -2.41. The summed E-state index contributed by atoms with van der Waals surface area (Å²) < 4.78 is 7.47. The third-order valence-electron chi connectivity index (χ3n) is 4.28. The van der Waals surface area contributed by atoms with E-state index in [1.54, 1.807) is 10.9 Å². The number of aromatic nitrogens is 3. The monoisotopic (exact) mass is 343 g/mol. The largest absolute Gasteiger partial charge is 0.494 e. The molecule has 25 heavy (non-hydrogen) atoms. The molecular formula is C18H25N5O2. The van der Waals surface area contributed by atoms with Crippen molar-refractivity contribution in [2.75, 3.05) is 25.0 Å². The van der Waals surface area contributed by atoms with Gasteiger partial charge in [-0.25, -0.2) is 4.68 Å². The van der Waals surface area contributed by atoms with Crippen LogP contribution in [0.5, 0.6) is 5.75 Å². The molecule has 0 spiro atoms. The van der Waals surface area contributed by atoms with Crippen LogP contribution in [0.2, 0.25) is 0 Å². The second kappa shape index (κ2) is 8.62. The van der Waals surface area contributed by atoms with Gasteiger partial charge in [-0.1, -0.05) is 24.6 Å². The molecule has 2 heterocycles. The summed E-state index contributed by atoms with van der Waals surface area (Å²) in [6.07, 6.45) is 5.83. The molecular weight excluding hydrogens is 318 g/mol. The van der Waals surface area contributed by atoms with E-state index >= 15 is 0 Å². The van der Waals surface area contributed by atoms with E-state index in [0.717, 1.165) is 44.5 Å². The molecule has 7 nitrogen and oxygen atoms in total. The number of nitrogens with one attached hydrogen (secondary N) is 2. The van der Waals surface area contributed by atoms with Gasteiger partial charge in [0.1, 0.15) is 5.75 Å². The number of nitrogens with zero attached hydrogens (tertiary/aromatic N) is 3. The quantitative estimate of drug-likeness (QED) is 0.755. The number of unbranched alkanes of at least 4 members (excludes halogenated alkanes) is 1. The summed E-state index contributed by atoms with van der Waals surface area (Å²) in [5, 5.41) is 14.3. The molecule has 0 atom stereocenters. The zero-order valence-electron chi connectivity index (χ0n) is 14.6. The van der Waals surface area contributed by atoms with Gasteiger partial charge in [0.25, 0.3) is 5.91 Å². The predicted octanol–water partition coefficient (Wildman–Crippen LogP) is 2.63. The van der Waals surface area contributed by atoms with Gasteiger partial charge < -0.3 is 15.4 Å². The topological polar surface area (TPSA) is 81.1 Å². The van der Waals surface area contributed by atoms with Crippen molar-refractivity contribution in [2.45, 2.75) is 38.6 Å². The predicted molar refractivity (Wildman–Crippen MR) is 96.0 cm³/mol. The van der Waals surface area contributed by atoms with Crippen molar-refractivity contribution in [3.63, 3.8) is 0 Å². The van der Waals surface area contributed by atoms with Crippen LogP contribution in [0.1, 0.15) is 49.1 Å². The summed E-state index contributed by atoms with van der Waals surface area (Å²) in [6, 6.07) is 7.72. The highest BCUT2D eigenvalue weighted by atomic mass is 16.5. The summed E-state index contributed by atoms with van der Waals surface area (Å²) in [4.78, 5) is 12.4. The molecule has 1 fully saturated rings. The van der Waals surface area contributed by atoms with E-state index < -0.39 is 0 Å². The second-order valence-electron chi connectivity index (χ2n) is 6.25. The van der Waals surface area contributed by atoms with E-state index in [0.29, 0.717) is 24.0 Å². The molecule has 7 heteroatoms. The van der Waals surface area contributed by atoms with Gasteiger partial charge in [0.05, 0.1) is 18.8 Å². The highest BCUT2D eigenvalue weighted by molar-refractivity contribution is 6.02. The smallest absolute Gasteiger partial charge is 0.277 e. The maximum atomic E-state index is 12.4. The van der Waals surface area contributed by atoms with Crippen molar-refractivity contribution < 1.29 is 9.53 Å². The van der Waals surface area contributed by atoms with Crippen molar-refractivity contribution in [1.29, 1.82) is 0 Å². The number of hydrogen-bond acceptors (Lipinski definition) is 5. The van der Waals surface area contributed by atoms with Gasteiger partial charge in [0.15, 0.2) is 5.69 Å².